The predicted molar refractivity (Wildman–Crippen MR) is 85.6 cm³/mol. The number of esters is 1. The summed E-state index contributed by atoms with van der Waals surface area (Å²) in [4.78, 5) is 32.2. The normalized spacial score (nSPS) is 11.7. The fourth-order valence-corrected chi connectivity index (χ4v) is 2.41. The molecule has 0 saturated heterocycles. The van der Waals surface area contributed by atoms with E-state index in [1.165, 1.54) is 7.11 Å². The van der Waals surface area contributed by atoms with Crippen LogP contribution >= 0.6 is 0 Å². The quantitative estimate of drug-likeness (QED) is 0.700. The number of rotatable bonds is 8. The zero-order chi connectivity index (χ0) is 16.5. The number of methoxy groups -OCH3 is 1. The minimum Gasteiger partial charge on any atom is -0.469 e. The average molecular weight is 312 g/mol. The molecule has 0 spiro atoms. The maximum absolute atomic E-state index is 12.2. The van der Waals surface area contributed by atoms with Crippen molar-refractivity contribution in [3.05, 3.63) is 60.2 Å². The highest BCUT2D eigenvalue weighted by atomic mass is 16.5. The molecule has 0 fully saturated rings. The number of Topliss-reactive ketones (excluding diaryl/α,β-unsaturated/α-hetero) is 1. The van der Waals surface area contributed by atoms with Crippen molar-refractivity contribution >= 4 is 11.8 Å². The molecule has 2 aromatic rings. The maximum atomic E-state index is 12.2. The molecule has 0 amide bonds. The molecule has 1 atom stereocenters. The number of aromatic nitrogens is 2. The molecule has 0 radical (unpaired) electrons. The number of ketones is 1. The second-order valence-electron chi connectivity index (χ2n) is 5.35. The van der Waals surface area contributed by atoms with Gasteiger partial charge in [0.05, 0.1) is 18.7 Å². The molecule has 0 bridgehead atoms. The largest absolute Gasteiger partial charge is 0.469 e. The van der Waals surface area contributed by atoms with Crippen molar-refractivity contribution in [2.75, 3.05) is 7.11 Å². The summed E-state index contributed by atoms with van der Waals surface area (Å²) in [6.07, 6.45) is 6.42. The third-order valence-corrected chi connectivity index (χ3v) is 3.61. The first-order valence-electron chi connectivity index (χ1n) is 7.57. The summed E-state index contributed by atoms with van der Waals surface area (Å²) in [6.45, 7) is 0. The van der Waals surface area contributed by atoms with Gasteiger partial charge in [0.15, 0.2) is 0 Å². The summed E-state index contributed by atoms with van der Waals surface area (Å²) in [6, 6.07) is 9.64. The molecule has 1 aromatic carbocycles. The Morgan fingerprint density at radius 1 is 1.17 bits per heavy atom. The Labute approximate surface area is 135 Å². The molecule has 0 aliphatic rings. The highest BCUT2D eigenvalue weighted by Crippen LogP contribution is 2.16. The molecule has 0 unspecified atom stereocenters. The van der Waals surface area contributed by atoms with Gasteiger partial charge >= 0.3 is 5.97 Å². The van der Waals surface area contributed by atoms with Crippen LogP contribution in [0, 0.1) is 5.92 Å². The van der Waals surface area contributed by atoms with Gasteiger partial charge < -0.3 is 4.74 Å². The van der Waals surface area contributed by atoms with Crippen molar-refractivity contribution < 1.29 is 14.3 Å². The van der Waals surface area contributed by atoms with Gasteiger partial charge in [0.2, 0.25) is 0 Å². The fraction of sp³-hybridized carbons (Fsp3) is 0.333. The average Bonchev–Trinajstić information content (AvgIpc) is 2.60. The van der Waals surface area contributed by atoms with E-state index < -0.39 is 5.92 Å². The number of ether oxygens (including phenoxy) is 1. The molecule has 0 N–H and O–H groups in total. The van der Waals surface area contributed by atoms with Crippen molar-refractivity contribution in [2.45, 2.75) is 25.7 Å². The molecule has 0 aliphatic carbocycles. The second-order valence-corrected chi connectivity index (χ2v) is 5.35. The summed E-state index contributed by atoms with van der Waals surface area (Å²) in [5.74, 6) is -0.763. The maximum Gasteiger partial charge on any atom is 0.309 e. The first-order chi connectivity index (χ1) is 11.2. The molecular weight excluding hydrogens is 292 g/mol. The first-order valence-corrected chi connectivity index (χ1v) is 7.57. The number of aryl methyl sites for hydroxylation is 1. The third-order valence-electron chi connectivity index (χ3n) is 3.61. The Morgan fingerprint density at radius 2 is 1.96 bits per heavy atom. The van der Waals surface area contributed by atoms with Crippen LogP contribution in [0.2, 0.25) is 0 Å². The topological polar surface area (TPSA) is 69.2 Å². The van der Waals surface area contributed by atoms with Gasteiger partial charge in [0.1, 0.15) is 5.78 Å². The lowest BCUT2D eigenvalue weighted by atomic mass is 9.93. The Bertz CT molecular complexity index is 629. The molecule has 2 rings (SSSR count). The van der Waals surface area contributed by atoms with Gasteiger partial charge in [-0.05, 0) is 18.4 Å². The number of benzene rings is 1. The smallest absolute Gasteiger partial charge is 0.309 e. The molecule has 0 aliphatic heterocycles. The van der Waals surface area contributed by atoms with Gasteiger partial charge in [-0.3, -0.25) is 19.6 Å². The van der Waals surface area contributed by atoms with Crippen LogP contribution in [0.15, 0.2) is 48.9 Å². The van der Waals surface area contributed by atoms with Gasteiger partial charge in [0, 0.05) is 31.4 Å². The van der Waals surface area contributed by atoms with Crippen LogP contribution in [0.1, 0.15) is 24.1 Å². The minimum absolute atomic E-state index is 0.0296. The highest BCUT2D eigenvalue weighted by molar-refractivity contribution is 5.84. The van der Waals surface area contributed by atoms with E-state index >= 15 is 0 Å². The van der Waals surface area contributed by atoms with Crippen LogP contribution in [0.5, 0.6) is 0 Å². The van der Waals surface area contributed by atoms with Crippen molar-refractivity contribution in [1.82, 2.24) is 9.97 Å². The van der Waals surface area contributed by atoms with E-state index in [2.05, 4.69) is 9.97 Å². The molecule has 5 heteroatoms. The van der Waals surface area contributed by atoms with Crippen LogP contribution in [0.4, 0.5) is 0 Å². The van der Waals surface area contributed by atoms with E-state index in [0.717, 1.165) is 11.3 Å². The SMILES string of the molecule is COC(=O)[C@@H](CC(=O)CCc1cnccn1)Cc1ccccc1. The molecule has 1 aromatic heterocycles. The Hall–Kier alpha value is -2.56. The monoisotopic (exact) mass is 312 g/mol. The van der Waals surface area contributed by atoms with E-state index in [1.807, 2.05) is 30.3 Å². The van der Waals surface area contributed by atoms with Crippen molar-refractivity contribution in [2.24, 2.45) is 5.92 Å². The van der Waals surface area contributed by atoms with E-state index in [-0.39, 0.29) is 18.2 Å². The summed E-state index contributed by atoms with van der Waals surface area (Å²) in [7, 11) is 1.35. The third kappa shape index (κ3) is 5.62. The molecule has 0 saturated carbocycles. The summed E-state index contributed by atoms with van der Waals surface area (Å²) < 4.78 is 4.83. The van der Waals surface area contributed by atoms with Crippen LogP contribution < -0.4 is 0 Å². The van der Waals surface area contributed by atoms with Gasteiger partial charge in [-0.2, -0.15) is 0 Å². The second kappa shape index (κ2) is 8.78. The molecule has 120 valence electrons. The van der Waals surface area contributed by atoms with Crippen LogP contribution in [-0.4, -0.2) is 28.8 Å². The lowest BCUT2D eigenvalue weighted by molar-refractivity contribution is -0.147. The number of carbonyl (C=O) groups is 2. The lowest BCUT2D eigenvalue weighted by Crippen LogP contribution is -2.22. The van der Waals surface area contributed by atoms with E-state index in [0.29, 0.717) is 19.3 Å². The standard InChI is InChI=1S/C18H20N2O3/c1-23-18(22)15(11-14-5-3-2-4-6-14)12-17(21)8-7-16-13-19-9-10-20-16/h2-6,9-10,13,15H,7-8,11-12H2,1H3/t15-/m1/s1. The van der Waals surface area contributed by atoms with Gasteiger partial charge in [-0.1, -0.05) is 30.3 Å². The first kappa shape index (κ1) is 16.8. The molecule has 1 heterocycles. The van der Waals surface area contributed by atoms with E-state index in [9.17, 15) is 9.59 Å². The predicted octanol–water partition coefficient (Wildman–Crippen LogP) is 2.40. The number of nitrogens with zero attached hydrogens (tertiary/aromatic N) is 2. The molecule has 5 nitrogen and oxygen atoms in total. The van der Waals surface area contributed by atoms with Gasteiger partial charge in [-0.25, -0.2) is 0 Å². The zero-order valence-corrected chi connectivity index (χ0v) is 13.1. The van der Waals surface area contributed by atoms with Crippen LogP contribution in [0.25, 0.3) is 0 Å². The highest BCUT2D eigenvalue weighted by Gasteiger charge is 2.23. The van der Waals surface area contributed by atoms with E-state index in [1.54, 1.807) is 18.6 Å². The Kier molecular flexibility index (Phi) is 6.41. The van der Waals surface area contributed by atoms with Crippen molar-refractivity contribution in [3.63, 3.8) is 0 Å². The Balaban J connectivity index is 1.91. The number of carbonyl (C=O) groups excluding carboxylic acids is 2. The summed E-state index contributed by atoms with van der Waals surface area (Å²) in [5.41, 5.74) is 1.79. The summed E-state index contributed by atoms with van der Waals surface area (Å²) in [5, 5.41) is 0. The van der Waals surface area contributed by atoms with Crippen LogP contribution in [-0.2, 0) is 27.2 Å². The van der Waals surface area contributed by atoms with Gasteiger partial charge in [-0.15, -0.1) is 0 Å². The Morgan fingerprint density at radius 3 is 2.61 bits per heavy atom. The minimum atomic E-state index is -0.447. The van der Waals surface area contributed by atoms with Gasteiger partial charge in [0.25, 0.3) is 0 Å². The van der Waals surface area contributed by atoms with Crippen molar-refractivity contribution in [1.29, 1.82) is 0 Å². The number of hydrogen-bond acceptors (Lipinski definition) is 5. The lowest BCUT2D eigenvalue weighted by Gasteiger charge is -2.14. The number of hydrogen-bond donors (Lipinski definition) is 0. The molecule has 23 heavy (non-hydrogen) atoms. The van der Waals surface area contributed by atoms with Crippen molar-refractivity contribution in [3.8, 4) is 0 Å². The fourth-order valence-electron chi connectivity index (χ4n) is 2.41. The summed E-state index contributed by atoms with van der Waals surface area (Å²) >= 11 is 0. The van der Waals surface area contributed by atoms with E-state index in [4.69, 9.17) is 4.74 Å². The molecular formula is C18H20N2O3. The zero-order valence-electron chi connectivity index (χ0n) is 13.1. The van der Waals surface area contributed by atoms with Crippen LogP contribution in [0.3, 0.4) is 0 Å².